The number of nitriles is 1. The first-order chi connectivity index (χ1) is 8.22. The quantitative estimate of drug-likeness (QED) is 0.795. The highest BCUT2D eigenvalue weighted by Gasteiger charge is 2.16. The molecule has 0 saturated carbocycles. The number of carbonyl (C=O) groups is 1. The summed E-state index contributed by atoms with van der Waals surface area (Å²) in [6.45, 7) is 0.492. The van der Waals surface area contributed by atoms with Crippen LogP contribution in [-0.4, -0.2) is 24.4 Å². The van der Waals surface area contributed by atoms with Gasteiger partial charge in [-0.1, -0.05) is 6.07 Å². The highest BCUT2D eigenvalue weighted by atomic mass is 16.2. The fourth-order valence-electron chi connectivity index (χ4n) is 2.24. The van der Waals surface area contributed by atoms with Gasteiger partial charge in [-0.3, -0.25) is 4.79 Å². The maximum Gasteiger partial charge on any atom is 0.253 e. The Bertz CT molecular complexity index is 474. The fourth-order valence-corrected chi connectivity index (χ4v) is 2.24. The molecule has 0 aromatic heterocycles. The monoisotopic (exact) mass is 228 g/mol. The Morgan fingerprint density at radius 3 is 2.94 bits per heavy atom. The van der Waals surface area contributed by atoms with Crippen molar-refractivity contribution in [2.24, 2.45) is 0 Å². The molecule has 88 valence electrons. The second kappa shape index (κ2) is 5.01. The average Bonchev–Trinajstić information content (AvgIpc) is 2.81. The lowest BCUT2D eigenvalue weighted by molar-refractivity contribution is 0.0798. The number of aryl methyl sites for hydroxylation is 2. The summed E-state index contributed by atoms with van der Waals surface area (Å²) in [4.78, 5) is 13.7. The number of amides is 1. The van der Waals surface area contributed by atoms with E-state index in [1.165, 1.54) is 17.5 Å². The van der Waals surface area contributed by atoms with Crippen LogP contribution in [0.25, 0.3) is 0 Å². The lowest BCUT2D eigenvalue weighted by Gasteiger charge is -2.16. The van der Waals surface area contributed by atoms with Crippen LogP contribution in [-0.2, 0) is 12.8 Å². The highest BCUT2D eigenvalue weighted by molar-refractivity contribution is 5.94. The van der Waals surface area contributed by atoms with Gasteiger partial charge in [0.05, 0.1) is 12.5 Å². The van der Waals surface area contributed by atoms with Gasteiger partial charge >= 0.3 is 0 Å². The zero-order chi connectivity index (χ0) is 12.3. The molecule has 1 aromatic rings. The molecule has 0 heterocycles. The molecular formula is C14H16N2O. The van der Waals surface area contributed by atoms with E-state index < -0.39 is 0 Å². The third-order valence-corrected chi connectivity index (χ3v) is 3.25. The van der Waals surface area contributed by atoms with Crippen LogP contribution >= 0.6 is 0 Å². The van der Waals surface area contributed by atoms with Gasteiger partial charge in [-0.2, -0.15) is 5.26 Å². The molecule has 0 fully saturated rings. The summed E-state index contributed by atoms with van der Waals surface area (Å²) in [7, 11) is 1.74. The predicted octanol–water partition coefficient (Wildman–Crippen LogP) is 2.16. The van der Waals surface area contributed by atoms with E-state index in [2.05, 4.69) is 12.1 Å². The summed E-state index contributed by atoms with van der Waals surface area (Å²) in [6, 6.07) is 8.02. The Kier molecular flexibility index (Phi) is 3.43. The van der Waals surface area contributed by atoms with Crippen LogP contribution in [0.1, 0.15) is 34.3 Å². The van der Waals surface area contributed by atoms with Crippen molar-refractivity contribution in [1.82, 2.24) is 4.90 Å². The van der Waals surface area contributed by atoms with Crippen LogP contribution in [0.15, 0.2) is 18.2 Å². The molecular weight excluding hydrogens is 212 g/mol. The zero-order valence-corrected chi connectivity index (χ0v) is 10.1. The molecule has 2 rings (SSSR count). The van der Waals surface area contributed by atoms with E-state index in [1.54, 1.807) is 11.9 Å². The Morgan fingerprint density at radius 1 is 1.41 bits per heavy atom. The summed E-state index contributed by atoms with van der Waals surface area (Å²) >= 11 is 0. The van der Waals surface area contributed by atoms with Crippen LogP contribution in [0.3, 0.4) is 0 Å². The van der Waals surface area contributed by atoms with Gasteiger partial charge in [-0.25, -0.2) is 0 Å². The smallest absolute Gasteiger partial charge is 0.253 e. The Labute approximate surface area is 102 Å². The molecule has 1 aliphatic rings. The van der Waals surface area contributed by atoms with Crippen LogP contribution < -0.4 is 0 Å². The van der Waals surface area contributed by atoms with Crippen LogP contribution in [0.5, 0.6) is 0 Å². The molecule has 1 amide bonds. The molecule has 1 aliphatic carbocycles. The Morgan fingerprint density at radius 2 is 2.18 bits per heavy atom. The van der Waals surface area contributed by atoms with E-state index in [0.717, 1.165) is 18.4 Å². The molecule has 0 bridgehead atoms. The van der Waals surface area contributed by atoms with Gasteiger partial charge in [0.15, 0.2) is 0 Å². The van der Waals surface area contributed by atoms with Crippen molar-refractivity contribution in [2.75, 3.05) is 13.6 Å². The molecule has 3 heteroatoms. The van der Waals surface area contributed by atoms with Gasteiger partial charge in [0.25, 0.3) is 5.91 Å². The van der Waals surface area contributed by atoms with Gasteiger partial charge in [0.1, 0.15) is 0 Å². The zero-order valence-electron chi connectivity index (χ0n) is 10.1. The molecule has 0 radical (unpaired) electrons. The molecule has 1 aromatic carbocycles. The van der Waals surface area contributed by atoms with Gasteiger partial charge in [-0.05, 0) is 42.5 Å². The summed E-state index contributed by atoms with van der Waals surface area (Å²) < 4.78 is 0. The van der Waals surface area contributed by atoms with E-state index in [1.807, 2.05) is 12.1 Å². The Balaban J connectivity index is 2.12. The first-order valence-electron chi connectivity index (χ1n) is 5.96. The van der Waals surface area contributed by atoms with Gasteiger partial charge in [0, 0.05) is 19.2 Å². The standard InChI is InChI=1S/C14H16N2O/c1-16(9-3-8-15)14(17)13-7-6-11-4-2-5-12(11)10-13/h6-7,10H,2-5,9H2,1H3. The van der Waals surface area contributed by atoms with E-state index in [9.17, 15) is 4.79 Å². The normalized spacial score (nSPS) is 12.9. The third-order valence-electron chi connectivity index (χ3n) is 3.25. The van der Waals surface area contributed by atoms with E-state index in [-0.39, 0.29) is 5.91 Å². The number of carbonyl (C=O) groups excluding carboxylic acids is 1. The number of rotatable bonds is 3. The molecule has 0 N–H and O–H groups in total. The van der Waals surface area contributed by atoms with Gasteiger partial charge in [-0.15, -0.1) is 0 Å². The predicted molar refractivity (Wildman–Crippen MR) is 65.7 cm³/mol. The van der Waals surface area contributed by atoms with Crippen molar-refractivity contribution in [3.05, 3.63) is 34.9 Å². The van der Waals surface area contributed by atoms with Crippen molar-refractivity contribution in [3.8, 4) is 6.07 Å². The summed E-state index contributed by atoms with van der Waals surface area (Å²) in [5.74, 6) is 0.00921. The molecule has 0 atom stereocenters. The molecule has 0 saturated heterocycles. The summed E-state index contributed by atoms with van der Waals surface area (Å²) in [5, 5.41) is 8.51. The molecule has 0 spiro atoms. The van der Waals surface area contributed by atoms with Gasteiger partial charge < -0.3 is 4.90 Å². The second-order valence-corrected chi connectivity index (χ2v) is 4.47. The van der Waals surface area contributed by atoms with E-state index in [0.29, 0.717) is 13.0 Å². The van der Waals surface area contributed by atoms with Crippen molar-refractivity contribution >= 4 is 5.91 Å². The maximum atomic E-state index is 12.1. The molecule has 0 aliphatic heterocycles. The maximum absolute atomic E-state index is 12.1. The molecule has 17 heavy (non-hydrogen) atoms. The van der Waals surface area contributed by atoms with Crippen molar-refractivity contribution in [1.29, 1.82) is 5.26 Å². The first-order valence-corrected chi connectivity index (χ1v) is 5.96. The largest absolute Gasteiger partial charge is 0.341 e. The summed E-state index contributed by atoms with van der Waals surface area (Å²) in [6.07, 6.45) is 3.79. The molecule has 3 nitrogen and oxygen atoms in total. The second-order valence-electron chi connectivity index (χ2n) is 4.47. The number of nitrogens with zero attached hydrogens (tertiary/aromatic N) is 2. The fraction of sp³-hybridized carbons (Fsp3) is 0.429. The highest BCUT2D eigenvalue weighted by Crippen LogP contribution is 2.23. The van der Waals surface area contributed by atoms with Crippen LogP contribution in [0, 0.1) is 11.3 Å². The number of benzene rings is 1. The van der Waals surface area contributed by atoms with Crippen molar-refractivity contribution in [2.45, 2.75) is 25.7 Å². The Hall–Kier alpha value is -1.82. The first kappa shape index (κ1) is 11.7. The summed E-state index contributed by atoms with van der Waals surface area (Å²) in [5.41, 5.74) is 3.43. The number of hydrogen-bond acceptors (Lipinski definition) is 2. The van der Waals surface area contributed by atoms with E-state index in [4.69, 9.17) is 5.26 Å². The van der Waals surface area contributed by atoms with E-state index >= 15 is 0 Å². The molecule has 0 unspecified atom stereocenters. The van der Waals surface area contributed by atoms with Crippen molar-refractivity contribution in [3.63, 3.8) is 0 Å². The number of fused-ring (bicyclic) bond motifs is 1. The van der Waals surface area contributed by atoms with Crippen LogP contribution in [0.2, 0.25) is 0 Å². The van der Waals surface area contributed by atoms with Crippen molar-refractivity contribution < 1.29 is 4.79 Å². The third kappa shape index (κ3) is 2.47. The van der Waals surface area contributed by atoms with Gasteiger partial charge in [0.2, 0.25) is 0 Å². The average molecular weight is 228 g/mol. The minimum Gasteiger partial charge on any atom is -0.341 e. The van der Waals surface area contributed by atoms with Crippen LogP contribution in [0.4, 0.5) is 0 Å². The minimum atomic E-state index is 0.00921. The lowest BCUT2D eigenvalue weighted by Crippen LogP contribution is -2.27. The lowest BCUT2D eigenvalue weighted by atomic mass is 10.1. The minimum absolute atomic E-state index is 0.00921. The topological polar surface area (TPSA) is 44.1 Å². The SMILES string of the molecule is CN(CCC#N)C(=O)c1ccc2c(c1)CCC2. The number of hydrogen-bond donors (Lipinski definition) is 0.